The molecule has 0 aromatic heterocycles. The maximum Gasteiger partial charge on any atom is 0.127 e. The zero-order chi connectivity index (χ0) is 22.1. The van der Waals surface area contributed by atoms with Gasteiger partial charge in [-0.2, -0.15) is 0 Å². The number of hydrogen-bond acceptors (Lipinski definition) is 1. The molecule has 0 saturated carbocycles. The summed E-state index contributed by atoms with van der Waals surface area (Å²) in [4.78, 5) is 0. The molecule has 1 aliphatic rings. The van der Waals surface area contributed by atoms with Crippen molar-refractivity contribution in [3.05, 3.63) is 76.9 Å². The molecule has 1 aliphatic carbocycles. The first-order valence-electron chi connectivity index (χ1n) is 11.0. The largest absolute Gasteiger partial charge is 0.472 e. The molecule has 0 heterocycles. The van der Waals surface area contributed by atoms with Gasteiger partial charge in [-0.25, -0.2) is 0 Å². The van der Waals surface area contributed by atoms with Gasteiger partial charge in [0.25, 0.3) is 0 Å². The van der Waals surface area contributed by atoms with Gasteiger partial charge in [-0.1, -0.05) is 97.0 Å². The molecular formula is C28H37OP. The Labute approximate surface area is 185 Å². The Bertz CT molecular complexity index is 950. The lowest BCUT2D eigenvalue weighted by Gasteiger charge is -2.29. The maximum absolute atomic E-state index is 6.40. The van der Waals surface area contributed by atoms with E-state index in [1.54, 1.807) is 0 Å². The number of allylic oxidation sites excluding steroid dienone is 4. The van der Waals surface area contributed by atoms with Crippen LogP contribution in [0.15, 0.2) is 54.6 Å². The van der Waals surface area contributed by atoms with Gasteiger partial charge in [0.15, 0.2) is 0 Å². The lowest BCUT2D eigenvalue weighted by molar-refractivity contribution is 0.532. The quantitative estimate of drug-likeness (QED) is 0.457. The van der Waals surface area contributed by atoms with Gasteiger partial charge in [0.2, 0.25) is 0 Å². The van der Waals surface area contributed by atoms with Crippen LogP contribution in [0.25, 0.3) is 5.57 Å². The number of benzene rings is 2. The minimum Gasteiger partial charge on any atom is -0.472 e. The Hall–Kier alpha value is -1.85. The van der Waals surface area contributed by atoms with E-state index in [-0.39, 0.29) is 10.8 Å². The number of hydrogen-bond donors (Lipinski definition) is 0. The van der Waals surface area contributed by atoms with Crippen LogP contribution in [-0.4, -0.2) is 0 Å². The first-order valence-corrected chi connectivity index (χ1v) is 11.9. The van der Waals surface area contributed by atoms with Crippen LogP contribution in [-0.2, 0) is 10.8 Å². The van der Waals surface area contributed by atoms with E-state index in [1.165, 1.54) is 33.1 Å². The number of rotatable bonds is 4. The van der Waals surface area contributed by atoms with E-state index in [2.05, 4.69) is 110 Å². The minimum atomic E-state index is 0.0356. The normalized spacial score (nSPS) is 17.5. The van der Waals surface area contributed by atoms with Crippen LogP contribution in [0.3, 0.4) is 0 Å². The molecule has 1 nitrogen and oxygen atoms in total. The molecule has 2 aromatic rings. The van der Waals surface area contributed by atoms with Crippen LogP contribution in [0.4, 0.5) is 0 Å². The second-order valence-electron chi connectivity index (χ2n) is 10.7. The fraction of sp³-hybridized carbons (Fsp3) is 0.429. The third-order valence-electron chi connectivity index (χ3n) is 5.71. The average molecular weight is 421 g/mol. The van der Waals surface area contributed by atoms with Crippen molar-refractivity contribution in [3.63, 3.8) is 0 Å². The summed E-state index contributed by atoms with van der Waals surface area (Å²) in [6.45, 7) is 18.1. The topological polar surface area (TPSA) is 9.23 Å². The summed E-state index contributed by atoms with van der Waals surface area (Å²) in [5, 5.41) is 1.23. The molecule has 2 unspecified atom stereocenters. The van der Waals surface area contributed by atoms with Crippen molar-refractivity contribution in [1.82, 2.24) is 0 Å². The highest BCUT2D eigenvalue weighted by atomic mass is 31.1. The lowest BCUT2D eigenvalue weighted by Crippen LogP contribution is -2.18. The van der Waals surface area contributed by atoms with Crippen LogP contribution in [0, 0.1) is 12.8 Å². The molecule has 0 aliphatic heterocycles. The molecule has 3 rings (SSSR count). The summed E-state index contributed by atoms with van der Waals surface area (Å²) >= 11 is 0. The molecule has 0 bridgehead atoms. The van der Waals surface area contributed by atoms with E-state index < -0.39 is 0 Å². The molecule has 0 spiro atoms. The van der Waals surface area contributed by atoms with Gasteiger partial charge in [0, 0.05) is 10.9 Å². The summed E-state index contributed by atoms with van der Waals surface area (Å²) in [6.07, 6.45) is 8.02. The smallest absolute Gasteiger partial charge is 0.127 e. The molecule has 160 valence electrons. The van der Waals surface area contributed by atoms with Gasteiger partial charge in [0.1, 0.15) is 14.6 Å². The van der Waals surface area contributed by atoms with Crippen molar-refractivity contribution in [1.29, 1.82) is 0 Å². The molecule has 0 saturated heterocycles. The molecule has 2 heteroatoms. The minimum absolute atomic E-state index is 0.0356. The summed E-state index contributed by atoms with van der Waals surface area (Å²) < 4.78 is 6.40. The third kappa shape index (κ3) is 5.44. The Morgan fingerprint density at radius 2 is 1.53 bits per heavy atom. The SMILES string of the molecule is Cc1cc(OPc2ccc(C3=CC(C)CC=C3)cc2)c(C(C)(C)C)cc1C(C)(C)C. The summed E-state index contributed by atoms with van der Waals surface area (Å²) in [5.41, 5.74) is 6.76. The van der Waals surface area contributed by atoms with Crippen molar-refractivity contribution < 1.29 is 4.52 Å². The zero-order valence-corrected chi connectivity index (χ0v) is 20.9. The average Bonchev–Trinajstić information content (AvgIpc) is 2.65. The Kier molecular flexibility index (Phi) is 6.63. The highest BCUT2D eigenvalue weighted by Gasteiger charge is 2.25. The van der Waals surface area contributed by atoms with Crippen LogP contribution < -0.4 is 9.83 Å². The van der Waals surface area contributed by atoms with Crippen molar-refractivity contribution in [2.24, 2.45) is 5.92 Å². The molecule has 30 heavy (non-hydrogen) atoms. The van der Waals surface area contributed by atoms with E-state index in [1.807, 2.05) is 0 Å². The van der Waals surface area contributed by atoms with E-state index in [4.69, 9.17) is 4.52 Å². The summed E-state index contributed by atoms with van der Waals surface area (Å²) in [7, 11) is 0.300. The Morgan fingerprint density at radius 3 is 2.10 bits per heavy atom. The van der Waals surface area contributed by atoms with Gasteiger partial charge >= 0.3 is 0 Å². The molecule has 2 aromatic carbocycles. The summed E-state index contributed by atoms with van der Waals surface area (Å²) in [5.74, 6) is 1.63. The van der Waals surface area contributed by atoms with Gasteiger partial charge in [-0.15, -0.1) is 0 Å². The monoisotopic (exact) mass is 420 g/mol. The van der Waals surface area contributed by atoms with Gasteiger partial charge in [-0.3, -0.25) is 0 Å². The van der Waals surface area contributed by atoms with E-state index in [9.17, 15) is 0 Å². The highest BCUT2D eigenvalue weighted by Crippen LogP contribution is 2.39. The molecule has 0 amide bonds. The maximum atomic E-state index is 6.40. The Balaban J connectivity index is 1.81. The van der Waals surface area contributed by atoms with Gasteiger partial charge in [0.05, 0.1) is 0 Å². The van der Waals surface area contributed by atoms with Crippen LogP contribution in [0.2, 0.25) is 0 Å². The van der Waals surface area contributed by atoms with Gasteiger partial charge < -0.3 is 4.52 Å². The lowest BCUT2D eigenvalue weighted by atomic mass is 9.78. The van der Waals surface area contributed by atoms with Crippen molar-refractivity contribution in [3.8, 4) is 5.75 Å². The second kappa shape index (κ2) is 8.72. The molecular weight excluding hydrogens is 383 g/mol. The van der Waals surface area contributed by atoms with E-state index >= 15 is 0 Å². The fourth-order valence-electron chi connectivity index (χ4n) is 4.04. The number of aryl methyl sites for hydroxylation is 1. The van der Waals surface area contributed by atoms with Crippen molar-refractivity contribution in [2.45, 2.75) is 72.6 Å². The summed E-state index contributed by atoms with van der Waals surface area (Å²) in [6, 6.07) is 13.4. The zero-order valence-electron chi connectivity index (χ0n) is 19.9. The van der Waals surface area contributed by atoms with Crippen LogP contribution in [0.1, 0.15) is 77.1 Å². The van der Waals surface area contributed by atoms with Crippen LogP contribution >= 0.6 is 8.81 Å². The van der Waals surface area contributed by atoms with E-state index in [0.29, 0.717) is 14.7 Å². The molecule has 0 N–H and O–H groups in total. The third-order valence-corrected chi connectivity index (χ3v) is 6.60. The molecule has 0 fully saturated rings. The van der Waals surface area contributed by atoms with E-state index in [0.717, 1.165) is 12.2 Å². The fourth-order valence-corrected chi connectivity index (χ4v) is 4.74. The first-order chi connectivity index (χ1) is 13.9. The first kappa shape index (κ1) is 22.8. The predicted molar refractivity (Wildman–Crippen MR) is 134 cm³/mol. The Morgan fingerprint density at radius 1 is 0.900 bits per heavy atom. The second-order valence-corrected chi connectivity index (χ2v) is 11.7. The van der Waals surface area contributed by atoms with Gasteiger partial charge in [-0.05, 0) is 58.4 Å². The molecule has 0 radical (unpaired) electrons. The van der Waals surface area contributed by atoms with Crippen LogP contribution in [0.5, 0.6) is 5.75 Å². The van der Waals surface area contributed by atoms with Crippen molar-refractivity contribution in [2.75, 3.05) is 0 Å². The predicted octanol–water partition coefficient (Wildman–Crippen LogP) is 7.87. The highest BCUT2D eigenvalue weighted by molar-refractivity contribution is 7.42. The standard InChI is InChI=1S/C28H37OP/c1-19-10-9-11-22(16-19)21-12-14-23(15-13-21)30-29-26-17-20(2)24(27(3,4)5)18-25(26)28(6,7)8/h9,11-19,30H,10H2,1-8H3. The van der Waals surface area contributed by atoms with Crippen molar-refractivity contribution >= 4 is 19.7 Å². The molecule has 2 atom stereocenters.